The summed E-state index contributed by atoms with van der Waals surface area (Å²) in [5.74, 6) is -0.739. The van der Waals surface area contributed by atoms with Crippen molar-refractivity contribution < 1.29 is 19.5 Å². The van der Waals surface area contributed by atoms with Crippen molar-refractivity contribution in [2.45, 2.75) is 78.2 Å². The van der Waals surface area contributed by atoms with Crippen molar-refractivity contribution in [1.82, 2.24) is 5.06 Å². The molecule has 0 heterocycles. The summed E-state index contributed by atoms with van der Waals surface area (Å²) in [6.07, 6.45) is 5.57. The summed E-state index contributed by atoms with van der Waals surface area (Å²) in [6.45, 7) is 7.47. The van der Waals surface area contributed by atoms with Crippen molar-refractivity contribution in [3.8, 4) is 0 Å². The molecule has 5 nitrogen and oxygen atoms in total. The number of esters is 1. The van der Waals surface area contributed by atoms with Crippen LogP contribution in [0.2, 0.25) is 0 Å². The monoisotopic (exact) mass is 287 g/mol. The maximum absolute atomic E-state index is 11.6. The van der Waals surface area contributed by atoms with Gasteiger partial charge in [-0.1, -0.05) is 32.6 Å². The standard InChI is InChI=1S/C15H29NO4/c1-5-6-7-8-9-10-13(17)16(19)12-11-14(18)20-15(2,3)4/h19H,5-12H2,1-4H3. The molecule has 118 valence electrons. The zero-order valence-electron chi connectivity index (χ0n) is 13.3. The third kappa shape index (κ3) is 10.8. The number of rotatable bonds is 9. The number of hydrogen-bond acceptors (Lipinski definition) is 4. The zero-order chi connectivity index (χ0) is 15.6. The van der Waals surface area contributed by atoms with E-state index in [0.717, 1.165) is 25.7 Å². The summed E-state index contributed by atoms with van der Waals surface area (Å²) >= 11 is 0. The Hall–Kier alpha value is -1.10. The summed E-state index contributed by atoms with van der Waals surface area (Å²) < 4.78 is 5.11. The van der Waals surface area contributed by atoms with Gasteiger partial charge in [0.2, 0.25) is 5.91 Å². The molecule has 0 aromatic rings. The molecule has 0 unspecified atom stereocenters. The first-order valence-corrected chi connectivity index (χ1v) is 7.47. The van der Waals surface area contributed by atoms with Crippen LogP contribution in [-0.4, -0.2) is 34.3 Å². The molecule has 5 heteroatoms. The molecular formula is C15H29NO4. The van der Waals surface area contributed by atoms with Crippen molar-refractivity contribution in [1.29, 1.82) is 0 Å². The zero-order valence-corrected chi connectivity index (χ0v) is 13.3. The van der Waals surface area contributed by atoms with E-state index in [4.69, 9.17) is 4.74 Å². The lowest BCUT2D eigenvalue weighted by molar-refractivity contribution is -0.170. The minimum atomic E-state index is -0.541. The van der Waals surface area contributed by atoms with Crippen LogP contribution in [0.1, 0.15) is 72.6 Å². The summed E-state index contributed by atoms with van der Waals surface area (Å²) in [4.78, 5) is 23.0. The molecule has 0 spiro atoms. The number of ether oxygens (including phenoxy) is 1. The van der Waals surface area contributed by atoms with Crippen molar-refractivity contribution in [2.75, 3.05) is 6.54 Å². The van der Waals surface area contributed by atoms with Gasteiger partial charge in [-0.25, -0.2) is 5.06 Å². The minimum absolute atomic E-state index is 0.00927. The van der Waals surface area contributed by atoms with E-state index in [1.165, 1.54) is 6.42 Å². The Balaban J connectivity index is 3.77. The van der Waals surface area contributed by atoms with Crippen LogP contribution in [0, 0.1) is 0 Å². The first kappa shape index (κ1) is 18.9. The number of hydrogen-bond donors (Lipinski definition) is 1. The van der Waals surface area contributed by atoms with E-state index in [0.29, 0.717) is 11.5 Å². The molecule has 0 bridgehead atoms. The van der Waals surface area contributed by atoms with Gasteiger partial charge in [-0.2, -0.15) is 0 Å². The Bertz CT molecular complexity index is 297. The highest BCUT2D eigenvalue weighted by atomic mass is 16.6. The molecule has 0 aliphatic heterocycles. The smallest absolute Gasteiger partial charge is 0.308 e. The fourth-order valence-corrected chi connectivity index (χ4v) is 1.72. The summed E-state index contributed by atoms with van der Waals surface area (Å²) in [5.41, 5.74) is -0.541. The highest BCUT2D eigenvalue weighted by molar-refractivity contribution is 5.76. The minimum Gasteiger partial charge on any atom is -0.460 e. The number of hydroxylamine groups is 2. The van der Waals surface area contributed by atoms with Gasteiger partial charge in [0, 0.05) is 6.42 Å². The van der Waals surface area contributed by atoms with Crippen LogP contribution in [0.25, 0.3) is 0 Å². The van der Waals surface area contributed by atoms with Gasteiger partial charge >= 0.3 is 5.97 Å². The summed E-state index contributed by atoms with van der Waals surface area (Å²) in [7, 11) is 0. The molecule has 0 atom stereocenters. The highest BCUT2D eigenvalue weighted by Gasteiger charge is 2.18. The van der Waals surface area contributed by atoms with E-state index in [9.17, 15) is 14.8 Å². The third-order valence-electron chi connectivity index (χ3n) is 2.73. The van der Waals surface area contributed by atoms with E-state index in [2.05, 4.69) is 6.92 Å². The van der Waals surface area contributed by atoms with Gasteiger partial charge in [-0.15, -0.1) is 0 Å². The van der Waals surface area contributed by atoms with E-state index in [-0.39, 0.29) is 18.9 Å². The Morgan fingerprint density at radius 3 is 2.20 bits per heavy atom. The number of nitrogens with zero attached hydrogens (tertiary/aromatic N) is 1. The Morgan fingerprint density at radius 2 is 1.65 bits per heavy atom. The maximum Gasteiger partial charge on any atom is 0.308 e. The van der Waals surface area contributed by atoms with E-state index >= 15 is 0 Å². The first-order valence-electron chi connectivity index (χ1n) is 7.47. The Labute approximate surface area is 122 Å². The molecule has 0 aromatic heterocycles. The lowest BCUT2D eigenvalue weighted by atomic mass is 10.1. The molecule has 0 aliphatic carbocycles. The largest absolute Gasteiger partial charge is 0.460 e. The number of amides is 1. The number of carbonyl (C=O) groups excluding carboxylic acids is 2. The average molecular weight is 287 g/mol. The second kappa shape index (κ2) is 9.75. The van der Waals surface area contributed by atoms with E-state index in [1.807, 2.05) is 0 Å². The quantitative estimate of drug-likeness (QED) is 0.306. The molecule has 1 N–H and O–H groups in total. The molecule has 0 fully saturated rings. The second-order valence-electron chi connectivity index (χ2n) is 6.02. The topological polar surface area (TPSA) is 66.8 Å². The van der Waals surface area contributed by atoms with E-state index in [1.54, 1.807) is 20.8 Å². The number of carbonyl (C=O) groups is 2. The summed E-state index contributed by atoms with van der Waals surface area (Å²) in [5, 5.41) is 10.2. The van der Waals surface area contributed by atoms with Gasteiger partial charge < -0.3 is 4.74 Å². The third-order valence-corrected chi connectivity index (χ3v) is 2.73. The van der Waals surface area contributed by atoms with Crippen molar-refractivity contribution in [3.63, 3.8) is 0 Å². The predicted octanol–water partition coefficient (Wildman–Crippen LogP) is 3.30. The van der Waals surface area contributed by atoms with Gasteiger partial charge in [0.25, 0.3) is 0 Å². The highest BCUT2D eigenvalue weighted by Crippen LogP contribution is 2.09. The Morgan fingerprint density at radius 1 is 1.05 bits per heavy atom. The average Bonchev–Trinajstić information content (AvgIpc) is 2.33. The van der Waals surface area contributed by atoms with Crippen LogP contribution in [0.4, 0.5) is 0 Å². The lowest BCUT2D eigenvalue weighted by Gasteiger charge is -2.20. The van der Waals surface area contributed by atoms with Gasteiger partial charge in [-0.05, 0) is 27.2 Å². The van der Waals surface area contributed by atoms with Crippen LogP contribution in [-0.2, 0) is 14.3 Å². The van der Waals surface area contributed by atoms with Crippen molar-refractivity contribution >= 4 is 11.9 Å². The fraction of sp³-hybridized carbons (Fsp3) is 0.867. The van der Waals surface area contributed by atoms with E-state index < -0.39 is 11.6 Å². The number of unbranched alkanes of at least 4 members (excludes halogenated alkanes) is 4. The summed E-state index contributed by atoms with van der Waals surface area (Å²) in [6, 6.07) is 0. The molecule has 0 aromatic carbocycles. The van der Waals surface area contributed by atoms with Crippen LogP contribution in [0.5, 0.6) is 0 Å². The molecule has 1 amide bonds. The molecule has 0 aliphatic rings. The van der Waals surface area contributed by atoms with Crippen LogP contribution in [0.3, 0.4) is 0 Å². The lowest BCUT2D eigenvalue weighted by Crippen LogP contribution is -2.31. The molecule has 0 rings (SSSR count). The second-order valence-corrected chi connectivity index (χ2v) is 6.02. The first-order chi connectivity index (χ1) is 9.26. The van der Waals surface area contributed by atoms with Crippen LogP contribution in [0.15, 0.2) is 0 Å². The maximum atomic E-state index is 11.6. The van der Waals surface area contributed by atoms with Gasteiger partial charge in [0.1, 0.15) is 5.60 Å². The van der Waals surface area contributed by atoms with Gasteiger partial charge in [-0.3, -0.25) is 14.8 Å². The SMILES string of the molecule is CCCCCCCC(=O)N(O)CCC(=O)OC(C)(C)C. The Kier molecular flexibility index (Phi) is 9.21. The molecule has 0 saturated heterocycles. The fourth-order valence-electron chi connectivity index (χ4n) is 1.72. The van der Waals surface area contributed by atoms with Gasteiger partial charge in [0.05, 0.1) is 13.0 Å². The van der Waals surface area contributed by atoms with Gasteiger partial charge in [0.15, 0.2) is 0 Å². The normalized spacial score (nSPS) is 11.2. The molecule has 20 heavy (non-hydrogen) atoms. The molecule has 0 saturated carbocycles. The molecule has 0 radical (unpaired) electrons. The van der Waals surface area contributed by atoms with Crippen LogP contribution < -0.4 is 0 Å². The predicted molar refractivity (Wildman–Crippen MR) is 77.3 cm³/mol. The van der Waals surface area contributed by atoms with Crippen molar-refractivity contribution in [2.24, 2.45) is 0 Å². The van der Waals surface area contributed by atoms with Crippen molar-refractivity contribution in [3.05, 3.63) is 0 Å². The van der Waals surface area contributed by atoms with Crippen LogP contribution >= 0.6 is 0 Å². The molecular weight excluding hydrogens is 258 g/mol.